The normalized spacial score (nSPS) is 25.2. The van der Waals surface area contributed by atoms with Gasteiger partial charge in [0.1, 0.15) is 0 Å². The van der Waals surface area contributed by atoms with Gasteiger partial charge in [0.05, 0.1) is 0 Å². The van der Waals surface area contributed by atoms with Gasteiger partial charge in [-0.3, -0.25) is 4.90 Å². The summed E-state index contributed by atoms with van der Waals surface area (Å²) >= 11 is 0. The van der Waals surface area contributed by atoms with Crippen molar-refractivity contribution in [1.29, 1.82) is 0 Å². The molecule has 0 radical (unpaired) electrons. The Morgan fingerprint density at radius 1 is 1.35 bits per heavy atom. The Labute approximate surface area is 108 Å². The maximum absolute atomic E-state index is 3.66. The summed E-state index contributed by atoms with van der Waals surface area (Å²) in [6.07, 6.45) is 1.27. The van der Waals surface area contributed by atoms with E-state index in [1.807, 2.05) is 0 Å². The van der Waals surface area contributed by atoms with Crippen LogP contribution in [0.1, 0.15) is 34.1 Å². The van der Waals surface area contributed by atoms with Gasteiger partial charge < -0.3 is 10.2 Å². The van der Waals surface area contributed by atoms with Crippen LogP contribution >= 0.6 is 0 Å². The zero-order chi connectivity index (χ0) is 13.1. The lowest BCUT2D eigenvalue weighted by molar-refractivity contribution is 0.0972. The second-order valence-electron chi connectivity index (χ2n) is 6.81. The summed E-state index contributed by atoms with van der Waals surface area (Å²) in [5, 5.41) is 3.66. The predicted molar refractivity (Wildman–Crippen MR) is 75.5 cm³/mol. The number of nitrogens with one attached hydrogen (secondary N) is 1. The first-order valence-corrected chi connectivity index (χ1v) is 6.93. The topological polar surface area (TPSA) is 18.5 Å². The molecule has 2 atom stereocenters. The molecule has 1 N–H and O–H groups in total. The highest BCUT2D eigenvalue weighted by Gasteiger charge is 2.30. The predicted octanol–water partition coefficient (Wildman–Crippen LogP) is 1.65. The number of nitrogens with zero attached hydrogens (tertiary/aromatic N) is 2. The summed E-state index contributed by atoms with van der Waals surface area (Å²) < 4.78 is 0. The highest BCUT2D eigenvalue weighted by atomic mass is 15.2. The number of piperazine rings is 1. The molecule has 2 unspecified atom stereocenters. The van der Waals surface area contributed by atoms with Crippen LogP contribution in [0.2, 0.25) is 0 Å². The first kappa shape index (κ1) is 14.9. The van der Waals surface area contributed by atoms with E-state index in [4.69, 9.17) is 0 Å². The van der Waals surface area contributed by atoms with Gasteiger partial charge in [-0.2, -0.15) is 0 Å². The molecule has 102 valence electrons. The molecule has 1 heterocycles. The molecule has 0 amide bonds. The molecule has 1 aliphatic heterocycles. The first-order valence-electron chi connectivity index (χ1n) is 6.93. The van der Waals surface area contributed by atoms with Gasteiger partial charge in [0.15, 0.2) is 0 Å². The van der Waals surface area contributed by atoms with Gasteiger partial charge in [-0.25, -0.2) is 0 Å². The molecule has 0 spiro atoms. The van der Waals surface area contributed by atoms with Crippen LogP contribution in [-0.2, 0) is 0 Å². The minimum absolute atomic E-state index is 0.361. The maximum atomic E-state index is 3.66. The van der Waals surface area contributed by atoms with Gasteiger partial charge in [-0.05, 0) is 39.4 Å². The van der Waals surface area contributed by atoms with Crippen LogP contribution in [0, 0.1) is 5.41 Å². The molecule has 1 fully saturated rings. The van der Waals surface area contributed by atoms with Gasteiger partial charge in [0, 0.05) is 31.7 Å². The monoisotopic (exact) mass is 241 g/mol. The molecule has 3 nitrogen and oxygen atoms in total. The molecular weight excluding hydrogens is 210 g/mol. The molecular formula is C14H31N3. The zero-order valence-corrected chi connectivity index (χ0v) is 12.6. The molecule has 0 aromatic heterocycles. The van der Waals surface area contributed by atoms with E-state index < -0.39 is 0 Å². The fourth-order valence-corrected chi connectivity index (χ4v) is 2.38. The Balaban J connectivity index is 2.43. The molecule has 3 heteroatoms. The van der Waals surface area contributed by atoms with Crippen molar-refractivity contribution in [2.45, 2.75) is 46.2 Å². The average molecular weight is 241 g/mol. The SMILES string of the molecule is CC(CCN(C)C)N1CCNC(C(C)(C)C)C1. The summed E-state index contributed by atoms with van der Waals surface area (Å²) in [7, 11) is 4.31. The third-order valence-electron chi connectivity index (χ3n) is 3.87. The minimum Gasteiger partial charge on any atom is -0.311 e. The van der Waals surface area contributed by atoms with Crippen molar-refractivity contribution in [2.75, 3.05) is 40.3 Å². The van der Waals surface area contributed by atoms with Crippen LogP contribution in [0.5, 0.6) is 0 Å². The lowest BCUT2D eigenvalue weighted by Crippen LogP contribution is -2.57. The first-order chi connectivity index (χ1) is 7.80. The molecule has 0 bridgehead atoms. The maximum Gasteiger partial charge on any atom is 0.0244 e. The van der Waals surface area contributed by atoms with Crippen LogP contribution < -0.4 is 5.32 Å². The molecule has 1 aliphatic rings. The number of hydrogen-bond acceptors (Lipinski definition) is 3. The largest absolute Gasteiger partial charge is 0.311 e. The zero-order valence-electron chi connectivity index (χ0n) is 12.6. The van der Waals surface area contributed by atoms with Gasteiger partial charge >= 0.3 is 0 Å². The van der Waals surface area contributed by atoms with Crippen molar-refractivity contribution in [3.05, 3.63) is 0 Å². The van der Waals surface area contributed by atoms with E-state index in [0.717, 1.165) is 6.54 Å². The summed E-state index contributed by atoms with van der Waals surface area (Å²) in [5.41, 5.74) is 0.361. The van der Waals surface area contributed by atoms with E-state index in [2.05, 4.69) is 56.9 Å². The second kappa shape index (κ2) is 6.17. The van der Waals surface area contributed by atoms with Crippen molar-refractivity contribution in [3.63, 3.8) is 0 Å². The van der Waals surface area contributed by atoms with Crippen molar-refractivity contribution < 1.29 is 0 Å². The van der Waals surface area contributed by atoms with Crippen molar-refractivity contribution >= 4 is 0 Å². The van der Waals surface area contributed by atoms with E-state index in [-0.39, 0.29) is 0 Å². The van der Waals surface area contributed by atoms with Gasteiger partial charge in [-0.15, -0.1) is 0 Å². The third kappa shape index (κ3) is 4.94. The molecule has 17 heavy (non-hydrogen) atoms. The van der Waals surface area contributed by atoms with Crippen LogP contribution in [-0.4, -0.2) is 62.2 Å². The smallest absolute Gasteiger partial charge is 0.0244 e. The van der Waals surface area contributed by atoms with Crippen molar-refractivity contribution in [2.24, 2.45) is 5.41 Å². The van der Waals surface area contributed by atoms with Gasteiger partial charge in [0.2, 0.25) is 0 Å². The van der Waals surface area contributed by atoms with Crippen LogP contribution in [0.3, 0.4) is 0 Å². The lowest BCUT2D eigenvalue weighted by atomic mass is 9.85. The fourth-order valence-electron chi connectivity index (χ4n) is 2.38. The van der Waals surface area contributed by atoms with E-state index in [1.165, 1.54) is 26.1 Å². The van der Waals surface area contributed by atoms with E-state index in [1.54, 1.807) is 0 Å². The third-order valence-corrected chi connectivity index (χ3v) is 3.87. The Hall–Kier alpha value is -0.120. The van der Waals surface area contributed by atoms with Crippen LogP contribution in [0.15, 0.2) is 0 Å². The van der Waals surface area contributed by atoms with Gasteiger partial charge in [-0.1, -0.05) is 20.8 Å². The Bertz CT molecular complexity index is 220. The number of rotatable bonds is 4. The quantitative estimate of drug-likeness (QED) is 0.807. The summed E-state index contributed by atoms with van der Waals surface area (Å²) in [4.78, 5) is 4.93. The molecule has 0 saturated carbocycles. The van der Waals surface area contributed by atoms with Crippen molar-refractivity contribution in [3.8, 4) is 0 Å². The highest BCUT2D eigenvalue weighted by molar-refractivity contribution is 4.88. The minimum atomic E-state index is 0.361. The Kier molecular flexibility index (Phi) is 5.42. The van der Waals surface area contributed by atoms with E-state index >= 15 is 0 Å². The Morgan fingerprint density at radius 2 is 2.00 bits per heavy atom. The average Bonchev–Trinajstić information content (AvgIpc) is 2.25. The van der Waals surface area contributed by atoms with E-state index in [0.29, 0.717) is 17.5 Å². The molecule has 1 saturated heterocycles. The second-order valence-corrected chi connectivity index (χ2v) is 6.81. The Morgan fingerprint density at radius 3 is 2.53 bits per heavy atom. The van der Waals surface area contributed by atoms with Crippen molar-refractivity contribution in [1.82, 2.24) is 15.1 Å². The number of hydrogen-bond donors (Lipinski definition) is 1. The van der Waals surface area contributed by atoms with Crippen LogP contribution in [0.4, 0.5) is 0 Å². The lowest BCUT2D eigenvalue weighted by Gasteiger charge is -2.43. The van der Waals surface area contributed by atoms with Crippen LogP contribution in [0.25, 0.3) is 0 Å². The molecule has 0 aliphatic carbocycles. The molecule has 1 rings (SSSR count). The summed E-state index contributed by atoms with van der Waals surface area (Å²) in [6.45, 7) is 14.1. The van der Waals surface area contributed by atoms with E-state index in [9.17, 15) is 0 Å². The summed E-state index contributed by atoms with van der Waals surface area (Å²) in [6, 6.07) is 1.32. The standard InChI is InChI=1S/C14H31N3/c1-12(7-9-16(5)6)17-10-8-15-13(11-17)14(2,3)4/h12-13,15H,7-11H2,1-6H3. The van der Waals surface area contributed by atoms with Gasteiger partial charge in [0.25, 0.3) is 0 Å². The highest BCUT2D eigenvalue weighted by Crippen LogP contribution is 2.23. The summed E-state index contributed by atoms with van der Waals surface area (Å²) in [5.74, 6) is 0. The fraction of sp³-hybridized carbons (Fsp3) is 1.00. The molecule has 0 aromatic rings. The molecule has 0 aromatic carbocycles.